The Labute approximate surface area is 223 Å². The molecular weight excluding hydrogens is 486 g/mol. The Hall–Kier alpha value is -3.43. The van der Waals surface area contributed by atoms with Crippen LogP contribution in [0.1, 0.15) is 69.7 Å². The van der Waals surface area contributed by atoms with Crippen molar-refractivity contribution in [1.82, 2.24) is 20.4 Å². The number of amides is 4. The molecule has 1 aromatic carbocycles. The monoisotopic (exact) mass is 525 g/mol. The molecule has 206 valence electrons. The summed E-state index contributed by atoms with van der Waals surface area (Å²) in [4.78, 5) is 68.5. The van der Waals surface area contributed by atoms with Crippen molar-refractivity contribution < 1.29 is 24.0 Å². The Kier molecular flexibility index (Phi) is 8.38. The van der Waals surface area contributed by atoms with Crippen molar-refractivity contribution >= 4 is 35.1 Å². The minimum atomic E-state index is -0.804. The van der Waals surface area contributed by atoms with Crippen LogP contribution in [-0.2, 0) is 19.2 Å². The van der Waals surface area contributed by atoms with Gasteiger partial charge in [-0.2, -0.15) is 0 Å². The minimum absolute atomic E-state index is 0.0543. The molecule has 0 aromatic heterocycles. The van der Waals surface area contributed by atoms with Crippen LogP contribution in [0.2, 0.25) is 0 Å². The molecule has 1 aromatic rings. The molecule has 4 rings (SSSR count). The lowest BCUT2D eigenvalue weighted by atomic mass is 9.96. The second kappa shape index (κ2) is 11.5. The summed E-state index contributed by atoms with van der Waals surface area (Å²) < 4.78 is 0. The second-order valence-electron chi connectivity index (χ2n) is 11.3. The highest BCUT2D eigenvalue weighted by Gasteiger charge is 2.53. The van der Waals surface area contributed by atoms with Gasteiger partial charge in [0.1, 0.15) is 18.1 Å². The third-order valence-electron chi connectivity index (χ3n) is 7.97. The van der Waals surface area contributed by atoms with Gasteiger partial charge in [-0.3, -0.25) is 24.0 Å². The van der Waals surface area contributed by atoms with E-state index in [1.807, 2.05) is 13.8 Å². The van der Waals surface area contributed by atoms with Crippen molar-refractivity contribution in [2.24, 2.45) is 11.8 Å². The molecule has 3 aliphatic rings. The van der Waals surface area contributed by atoms with E-state index in [-0.39, 0.29) is 47.8 Å². The molecule has 4 amide bonds. The van der Waals surface area contributed by atoms with Crippen LogP contribution in [0, 0.1) is 11.8 Å². The summed E-state index contributed by atoms with van der Waals surface area (Å²) in [5.74, 6) is -1.22. The maximum Gasteiger partial charge on any atom is 0.251 e. The van der Waals surface area contributed by atoms with Crippen LogP contribution in [0.4, 0.5) is 5.69 Å². The van der Waals surface area contributed by atoms with E-state index in [0.717, 1.165) is 25.7 Å². The smallest absolute Gasteiger partial charge is 0.251 e. The lowest BCUT2D eigenvalue weighted by Gasteiger charge is -2.31. The van der Waals surface area contributed by atoms with Gasteiger partial charge in [0.15, 0.2) is 5.78 Å². The number of benzene rings is 1. The van der Waals surface area contributed by atoms with Gasteiger partial charge in [-0.15, -0.1) is 0 Å². The zero-order valence-electron chi connectivity index (χ0n) is 22.4. The summed E-state index contributed by atoms with van der Waals surface area (Å²) in [5, 5.41) is 5.69. The van der Waals surface area contributed by atoms with Gasteiger partial charge in [0, 0.05) is 24.7 Å². The Morgan fingerprint density at radius 1 is 0.974 bits per heavy atom. The van der Waals surface area contributed by atoms with E-state index >= 15 is 0 Å². The van der Waals surface area contributed by atoms with Crippen LogP contribution in [0.5, 0.6) is 0 Å². The number of carbonyl (C=O) groups is 5. The van der Waals surface area contributed by atoms with Crippen LogP contribution >= 0.6 is 0 Å². The minimum Gasteiger partial charge on any atom is -0.399 e. The quantitative estimate of drug-likeness (QED) is 0.439. The molecule has 2 saturated heterocycles. The molecule has 3 fully saturated rings. The van der Waals surface area contributed by atoms with Gasteiger partial charge < -0.3 is 26.2 Å². The summed E-state index contributed by atoms with van der Waals surface area (Å²) in [6.45, 7) is 5.58. The number of rotatable bonds is 8. The van der Waals surface area contributed by atoms with Gasteiger partial charge in [-0.25, -0.2) is 0 Å². The molecule has 10 nitrogen and oxygen atoms in total. The number of nitrogens with two attached hydrogens (primary N) is 1. The number of carbonyl (C=O) groups excluding carboxylic acids is 5. The van der Waals surface area contributed by atoms with E-state index in [1.54, 1.807) is 34.1 Å². The van der Waals surface area contributed by atoms with Gasteiger partial charge in [-0.1, -0.05) is 26.7 Å². The number of nitrogens with zero attached hydrogens (tertiary/aromatic N) is 2. The molecule has 0 bridgehead atoms. The van der Waals surface area contributed by atoms with E-state index in [9.17, 15) is 24.0 Å². The van der Waals surface area contributed by atoms with Crippen LogP contribution in [0.15, 0.2) is 24.3 Å². The van der Waals surface area contributed by atoms with E-state index < -0.39 is 24.2 Å². The third-order valence-corrected chi connectivity index (χ3v) is 7.97. The average Bonchev–Trinajstić information content (AvgIpc) is 3.60. The fourth-order valence-corrected chi connectivity index (χ4v) is 6.20. The van der Waals surface area contributed by atoms with Crippen molar-refractivity contribution in [3.05, 3.63) is 29.8 Å². The first-order valence-electron chi connectivity index (χ1n) is 13.6. The first-order chi connectivity index (χ1) is 18.1. The molecular formula is C28H39N5O5. The first-order valence-corrected chi connectivity index (χ1v) is 13.6. The molecule has 2 aliphatic heterocycles. The largest absolute Gasteiger partial charge is 0.399 e. The van der Waals surface area contributed by atoms with Crippen molar-refractivity contribution in [1.29, 1.82) is 0 Å². The molecule has 1 aliphatic carbocycles. The van der Waals surface area contributed by atoms with E-state index in [2.05, 4.69) is 10.6 Å². The number of nitrogen functional groups attached to an aromatic ring is 1. The molecule has 0 radical (unpaired) electrons. The highest BCUT2D eigenvalue weighted by atomic mass is 16.2. The van der Waals surface area contributed by atoms with Crippen molar-refractivity contribution in [2.75, 3.05) is 18.8 Å². The van der Waals surface area contributed by atoms with E-state index in [1.165, 1.54) is 6.92 Å². The number of likely N-dealkylation sites (tertiary alicyclic amines) is 2. The topological polar surface area (TPSA) is 142 Å². The number of hydrogen-bond donors (Lipinski definition) is 3. The van der Waals surface area contributed by atoms with Gasteiger partial charge in [0.05, 0.1) is 12.6 Å². The Morgan fingerprint density at radius 3 is 2.24 bits per heavy atom. The van der Waals surface area contributed by atoms with E-state index in [0.29, 0.717) is 30.6 Å². The van der Waals surface area contributed by atoms with Gasteiger partial charge in [-0.05, 0) is 61.8 Å². The predicted molar refractivity (Wildman–Crippen MR) is 142 cm³/mol. The average molecular weight is 526 g/mol. The maximum absolute atomic E-state index is 13.7. The number of nitrogens with one attached hydrogen (secondary N) is 2. The summed E-state index contributed by atoms with van der Waals surface area (Å²) in [6, 6.07) is 3.84. The van der Waals surface area contributed by atoms with Crippen molar-refractivity contribution in [3.8, 4) is 0 Å². The van der Waals surface area contributed by atoms with Crippen LogP contribution < -0.4 is 16.4 Å². The van der Waals surface area contributed by atoms with Crippen LogP contribution in [0.3, 0.4) is 0 Å². The van der Waals surface area contributed by atoms with Gasteiger partial charge in [0.25, 0.3) is 5.91 Å². The van der Waals surface area contributed by atoms with E-state index in [4.69, 9.17) is 5.73 Å². The highest BCUT2D eigenvalue weighted by molar-refractivity contribution is 6.01. The summed E-state index contributed by atoms with van der Waals surface area (Å²) in [5.41, 5.74) is 6.65. The van der Waals surface area contributed by atoms with Crippen LogP contribution in [0.25, 0.3) is 0 Å². The number of hydrogen-bond acceptors (Lipinski definition) is 6. The van der Waals surface area contributed by atoms with Gasteiger partial charge in [0.2, 0.25) is 17.7 Å². The summed E-state index contributed by atoms with van der Waals surface area (Å²) in [7, 11) is 0. The molecule has 38 heavy (non-hydrogen) atoms. The molecule has 4 atom stereocenters. The summed E-state index contributed by atoms with van der Waals surface area (Å²) in [6.07, 6.45) is 4.65. The predicted octanol–water partition coefficient (Wildman–Crippen LogP) is 1.49. The molecule has 4 unspecified atom stereocenters. The fraction of sp³-hybridized carbons (Fsp3) is 0.607. The SMILES string of the molecule is CC(=O)NC(C(=O)N1CC(=O)C2C1CCN2C(=O)C(CC(C)C)NC(=O)c1ccc(N)cc1)C1CCCC1. The fourth-order valence-electron chi connectivity index (χ4n) is 6.20. The second-order valence-corrected chi connectivity index (χ2v) is 11.3. The Bertz CT molecular complexity index is 1080. The lowest BCUT2D eigenvalue weighted by molar-refractivity contribution is -0.139. The molecule has 4 N–H and O–H groups in total. The number of Topliss-reactive ketones (excluding diaryl/α,β-unsaturated/α-hetero) is 1. The molecule has 0 spiro atoms. The zero-order valence-corrected chi connectivity index (χ0v) is 22.4. The summed E-state index contributed by atoms with van der Waals surface area (Å²) >= 11 is 0. The molecule has 2 heterocycles. The standard InChI is InChI=1S/C28H39N5O5/c1-16(2)14-21(31-26(36)19-8-10-20(29)11-9-19)27(37)32-13-12-22-25(32)23(35)15-33(22)28(38)24(30-17(3)34)18-6-4-5-7-18/h8-11,16,18,21-22,24-25H,4-7,12-15,29H2,1-3H3,(H,30,34)(H,31,36). The Balaban J connectivity index is 1.50. The first kappa shape index (κ1) is 27.6. The lowest BCUT2D eigenvalue weighted by Crippen LogP contribution is -2.54. The van der Waals surface area contributed by atoms with Crippen molar-refractivity contribution in [3.63, 3.8) is 0 Å². The Morgan fingerprint density at radius 2 is 1.63 bits per heavy atom. The third kappa shape index (κ3) is 5.84. The molecule has 1 saturated carbocycles. The van der Waals surface area contributed by atoms with Crippen LogP contribution in [-0.4, -0.2) is 76.5 Å². The normalized spacial score (nSPS) is 22.9. The number of anilines is 1. The zero-order chi connectivity index (χ0) is 27.6. The number of fused-ring (bicyclic) bond motifs is 1. The van der Waals surface area contributed by atoms with Gasteiger partial charge >= 0.3 is 0 Å². The maximum atomic E-state index is 13.7. The molecule has 10 heteroatoms. The van der Waals surface area contributed by atoms with Crippen molar-refractivity contribution in [2.45, 2.75) is 83.5 Å². The highest BCUT2D eigenvalue weighted by Crippen LogP contribution is 2.34. The number of ketones is 1.